The van der Waals surface area contributed by atoms with E-state index in [2.05, 4.69) is 21.8 Å². The molecule has 0 spiro atoms. The molecular formula is C22H23N5O2S. The lowest BCUT2D eigenvalue weighted by Gasteiger charge is -2.16. The smallest absolute Gasteiger partial charge is 0.192 e. The Morgan fingerprint density at radius 2 is 1.93 bits per heavy atom. The molecule has 30 heavy (non-hydrogen) atoms. The first-order valence-electron chi connectivity index (χ1n) is 9.58. The quantitative estimate of drug-likeness (QED) is 0.292. The van der Waals surface area contributed by atoms with Gasteiger partial charge in [0.05, 0.1) is 12.8 Å². The Bertz CT molecular complexity index is 1100. The number of hydrogen-bond donors (Lipinski definition) is 0. The van der Waals surface area contributed by atoms with E-state index < -0.39 is 0 Å². The number of ether oxygens (including phenoxy) is 2. The number of fused-ring (bicyclic) bond motifs is 1. The number of rotatable bonds is 9. The molecule has 3 aromatic heterocycles. The Balaban J connectivity index is 1.49. The Kier molecular flexibility index (Phi) is 6.04. The van der Waals surface area contributed by atoms with Gasteiger partial charge in [0.2, 0.25) is 0 Å². The highest BCUT2D eigenvalue weighted by Gasteiger charge is 2.19. The fourth-order valence-corrected chi connectivity index (χ4v) is 3.95. The van der Waals surface area contributed by atoms with Gasteiger partial charge in [0, 0.05) is 24.7 Å². The zero-order valence-corrected chi connectivity index (χ0v) is 17.7. The molecular weight excluding hydrogens is 398 g/mol. The molecule has 0 radical (unpaired) electrons. The summed E-state index contributed by atoms with van der Waals surface area (Å²) >= 11 is 1.60. The average Bonchev–Trinajstić information content (AvgIpc) is 3.36. The first-order valence-corrected chi connectivity index (χ1v) is 10.6. The van der Waals surface area contributed by atoms with Crippen LogP contribution in [0.5, 0.6) is 11.5 Å². The lowest BCUT2D eigenvalue weighted by molar-refractivity contribution is 0.210. The normalized spacial score (nSPS) is 12.1. The number of hydrogen-bond acceptors (Lipinski definition) is 6. The monoisotopic (exact) mass is 421 g/mol. The molecule has 1 aromatic carbocycles. The molecule has 0 fully saturated rings. The molecule has 4 aromatic rings. The molecule has 0 saturated heterocycles. The van der Waals surface area contributed by atoms with Crippen molar-refractivity contribution >= 4 is 17.4 Å². The maximum Gasteiger partial charge on any atom is 0.192 e. The van der Waals surface area contributed by atoms with Crippen LogP contribution in [-0.2, 0) is 12.3 Å². The summed E-state index contributed by atoms with van der Waals surface area (Å²) in [5.41, 5.74) is 1.92. The highest BCUT2D eigenvalue weighted by atomic mass is 32.2. The fraction of sp³-hybridized carbons (Fsp3) is 0.227. The lowest BCUT2D eigenvalue weighted by Crippen LogP contribution is -2.12. The van der Waals surface area contributed by atoms with Gasteiger partial charge in [-0.25, -0.2) is 4.98 Å². The van der Waals surface area contributed by atoms with Crippen LogP contribution < -0.4 is 9.47 Å². The number of thioether (sulfide) groups is 1. The van der Waals surface area contributed by atoms with Crippen molar-refractivity contribution in [2.75, 3.05) is 7.11 Å². The van der Waals surface area contributed by atoms with Crippen LogP contribution in [0, 0.1) is 0 Å². The van der Waals surface area contributed by atoms with E-state index in [0.29, 0.717) is 12.3 Å². The molecule has 0 bridgehead atoms. The highest BCUT2D eigenvalue weighted by molar-refractivity contribution is 7.98. The number of nitrogens with zero attached hydrogens (tertiary/aromatic N) is 5. The summed E-state index contributed by atoms with van der Waals surface area (Å²) in [6, 6.07) is 13.5. The van der Waals surface area contributed by atoms with Crippen molar-refractivity contribution in [1.29, 1.82) is 0 Å². The third-order valence-electron chi connectivity index (χ3n) is 4.56. The minimum Gasteiger partial charge on any atom is -0.497 e. The van der Waals surface area contributed by atoms with E-state index in [1.54, 1.807) is 18.9 Å². The molecule has 1 atom stereocenters. The molecule has 0 aliphatic carbocycles. The van der Waals surface area contributed by atoms with Crippen molar-refractivity contribution in [3.05, 3.63) is 79.0 Å². The highest BCUT2D eigenvalue weighted by Crippen LogP contribution is 2.27. The van der Waals surface area contributed by atoms with Crippen LogP contribution in [0.15, 0.2) is 72.7 Å². The molecule has 0 amide bonds. The SMILES string of the molecule is C=CCn1c(SCc2cn3ccccc3n2)nnc1C(C)Oc1ccc(OC)cc1. The van der Waals surface area contributed by atoms with Crippen molar-refractivity contribution < 1.29 is 9.47 Å². The number of aromatic nitrogens is 5. The molecule has 4 rings (SSSR count). The molecule has 3 heterocycles. The summed E-state index contributed by atoms with van der Waals surface area (Å²) in [7, 11) is 1.64. The Morgan fingerprint density at radius 3 is 2.67 bits per heavy atom. The molecule has 0 aliphatic heterocycles. The molecule has 8 heteroatoms. The molecule has 1 unspecified atom stereocenters. The van der Waals surface area contributed by atoms with Gasteiger partial charge >= 0.3 is 0 Å². The largest absolute Gasteiger partial charge is 0.497 e. The predicted molar refractivity (Wildman–Crippen MR) is 117 cm³/mol. The van der Waals surface area contributed by atoms with E-state index in [9.17, 15) is 0 Å². The molecule has 0 aliphatic rings. The van der Waals surface area contributed by atoms with E-state index in [0.717, 1.165) is 33.8 Å². The van der Waals surface area contributed by atoms with E-state index in [1.807, 2.05) is 76.8 Å². The number of methoxy groups -OCH3 is 1. The van der Waals surface area contributed by atoms with Gasteiger partial charge in [0.15, 0.2) is 17.1 Å². The topological polar surface area (TPSA) is 66.5 Å². The summed E-state index contributed by atoms with van der Waals surface area (Å²) in [6.45, 7) is 6.44. The number of benzene rings is 1. The standard InChI is InChI=1S/C22H23N5O2S/c1-4-12-27-21(16(2)29-19-10-8-18(28-3)9-11-19)24-25-22(27)30-15-17-14-26-13-6-5-7-20(26)23-17/h4-11,13-14,16H,1,12,15H2,2-3H3. The van der Waals surface area contributed by atoms with Crippen molar-refractivity contribution in [1.82, 2.24) is 24.1 Å². The van der Waals surface area contributed by atoms with E-state index in [-0.39, 0.29) is 6.10 Å². The van der Waals surface area contributed by atoms with Crippen LogP contribution in [-0.4, -0.2) is 31.3 Å². The second-order valence-electron chi connectivity index (χ2n) is 6.66. The van der Waals surface area contributed by atoms with Gasteiger partial charge in [0.1, 0.15) is 17.1 Å². The summed E-state index contributed by atoms with van der Waals surface area (Å²) in [4.78, 5) is 4.64. The zero-order valence-electron chi connectivity index (χ0n) is 16.9. The van der Waals surface area contributed by atoms with Gasteiger partial charge in [0.25, 0.3) is 0 Å². The summed E-state index contributed by atoms with van der Waals surface area (Å²) in [5, 5.41) is 9.59. The van der Waals surface area contributed by atoms with Crippen LogP contribution in [0.4, 0.5) is 0 Å². The van der Waals surface area contributed by atoms with Crippen LogP contribution in [0.3, 0.4) is 0 Å². The van der Waals surface area contributed by atoms with Gasteiger partial charge < -0.3 is 13.9 Å². The predicted octanol–water partition coefficient (Wildman–Crippen LogP) is 4.55. The van der Waals surface area contributed by atoms with Crippen molar-refractivity contribution in [2.24, 2.45) is 0 Å². The number of pyridine rings is 1. The number of allylic oxidation sites excluding steroid dienone is 1. The maximum atomic E-state index is 6.06. The average molecular weight is 422 g/mol. The fourth-order valence-electron chi connectivity index (χ4n) is 3.11. The summed E-state index contributed by atoms with van der Waals surface area (Å²) in [5.74, 6) is 2.99. The Hall–Kier alpha value is -3.26. The van der Waals surface area contributed by atoms with Gasteiger partial charge in [-0.15, -0.1) is 16.8 Å². The minimum absolute atomic E-state index is 0.268. The zero-order chi connectivity index (χ0) is 20.9. The van der Waals surface area contributed by atoms with E-state index in [4.69, 9.17) is 9.47 Å². The molecule has 0 saturated carbocycles. The summed E-state index contributed by atoms with van der Waals surface area (Å²) < 4.78 is 15.3. The van der Waals surface area contributed by atoms with Crippen LogP contribution >= 0.6 is 11.8 Å². The van der Waals surface area contributed by atoms with E-state index >= 15 is 0 Å². The second-order valence-corrected chi connectivity index (χ2v) is 7.61. The van der Waals surface area contributed by atoms with Crippen molar-refractivity contribution in [2.45, 2.75) is 30.5 Å². The molecule has 7 nitrogen and oxygen atoms in total. The molecule has 154 valence electrons. The number of imidazole rings is 1. The van der Waals surface area contributed by atoms with Crippen LogP contribution in [0.1, 0.15) is 24.5 Å². The second kappa shape index (κ2) is 9.04. The third kappa shape index (κ3) is 4.33. The minimum atomic E-state index is -0.268. The summed E-state index contributed by atoms with van der Waals surface area (Å²) in [6.07, 6.45) is 5.59. The van der Waals surface area contributed by atoms with E-state index in [1.165, 1.54) is 0 Å². The lowest BCUT2D eigenvalue weighted by atomic mass is 10.3. The van der Waals surface area contributed by atoms with Crippen LogP contribution in [0.2, 0.25) is 0 Å². The Morgan fingerprint density at radius 1 is 1.13 bits per heavy atom. The van der Waals surface area contributed by atoms with Crippen LogP contribution in [0.25, 0.3) is 5.65 Å². The van der Waals surface area contributed by atoms with Gasteiger partial charge in [-0.2, -0.15) is 0 Å². The molecule has 0 N–H and O–H groups in total. The maximum absolute atomic E-state index is 6.06. The third-order valence-corrected chi connectivity index (χ3v) is 5.56. The van der Waals surface area contributed by atoms with Crippen molar-refractivity contribution in [3.63, 3.8) is 0 Å². The van der Waals surface area contributed by atoms with Crippen molar-refractivity contribution in [3.8, 4) is 11.5 Å². The van der Waals surface area contributed by atoms with Gasteiger partial charge in [-0.05, 0) is 43.3 Å². The Labute approximate surface area is 179 Å². The van der Waals surface area contributed by atoms with Gasteiger partial charge in [-0.3, -0.25) is 4.57 Å². The first kappa shape index (κ1) is 20.0. The van der Waals surface area contributed by atoms with Gasteiger partial charge in [-0.1, -0.05) is 23.9 Å². The first-order chi connectivity index (χ1) is 14.7.